The van der Waals surface area contributed by atoms with Crippen LogP contribution in [-0.2, 0) is 28.6 Å². The Hall–Kier alpha value is -3.15. The number of benzene rings is 2. The summed E-state index contributed by atoms with van der Waals surface area (Å²) < 4.78 is 17.0. The van der Waals surface area contributed by atoms with Gasteiger partial charge in [-0.25, -0.2) is 0 Å². The van der Waals surface area contributed by atoms with Crippen LogP contribution in [0.25, 0.3) is 11.1 Å². The van der Waals surface area contributed by atoms with Gasteiger partial charge in [0.25, 0.3) is 0 Å². The molecule has 0 aliphatic carbocycles. The Bertz CT molecular complexity index is 1200. The van der Waals surface area contributed by atoms with Crippen LogP contribution in [0, 0.1) is 0 Å². The van der Waals surface area contributed by atoms with Gasteiger partial charge >= 0.3 is 17.9 Å². The van der Waals surface area contributed by atoms with Crippen LogP contribution in [0.4, 0.5) is 0 Å². The van der Waals surface area contributed by atoms with Gasteiger partial charge in [-0.2, -0.15) is 0 Å². The molecule has 6 heteroatoms. The maximum absolute atomic E-state index is 13.3. The van der Waals surface area contributed by atoms with Gasteiger partial charge in [-0.05, 0) is 36.5 Å². The molecule has 56 heavy (non-hydrogen) atoms. The van der Waals surface area contributed by atoms with Gasteiger partial charge in [0, 0.05) is 12.8 Å². The van der Waals surface area contributed by atoms with E-state index in [1.54, 1.807) is 6.92 Å². The Kier molecular flexibility index (Phi) is 29.7. The smallest absolute Gasteiger partial charge is 0.313 e. The van der Waals surface area contributed by atoms with Crippen molar-refractivity contribution in [3.05, 3.63) is 60.2 Å². The van der Waals surface area contributed by atoms with Crippen molar-refractivity contribution in [3.63, 3.8) is 0 Å². The largest absolute Gasteiger partial charge is 0.462 e. The maximum atomic E-state index is 13.3. The lowest BCUT2D eigenvalue weighted by Crippen LogP contribution is -2.32. The first-order valence-corrected chi connectivity index (χ1v) is 23.1. The molecule has 0 aliphatic rings. The molecular weight excluding hydrogens is 697 g/mol. The van der Waals surface area contributed by atoms with E-state index in [1.807, 2.05) is 42.5 Å². The fourth-order valence-corrected chi connectivity index (χ4v) is 7.20. The van der Waals surface area contributed by atoms with Gasteiger partial charge < -0.3 is 14.2 Å². The Balaban J connectivity index is 1.72. The number of rotatable bonds is 36. The van der Waals surface area contributed by atoms with E-state index in [1.165, 1.54) is 128 Å². The van der Waals surface area contributed by atoms with Crippen molar-refractivity contribution in [2.75, 3.05) is 13.2 Å². The van der Waals surface area contributed by atoms with Gasteiger partial charge in [-0.1, -0.05) is 223 Å². The van der Waals surface area contributed by atoms with Crippen LogP contribution in [0.2, 0.25) is 0 Å². The third kappa shape index (κ3) is 25.2. The summed E-state index contributed by atoms with van der Waals surface area (Å²) in [5.41, 5.74) is 3.00. The monoisotopic (exact) mass is 777 g/mol. The highest BCUT2D eigenvalue weighted by atomic mass is 16.6. The maximum Gasteiger partial charge on any atom is 0.313 e. The molecule has 0 unspecified atom stereocenters. The Morgan fingerprint density at radius 3 is 1.16 bits per heavy atom. The lowest BCUT2D eigenvalue weighted by Gasteiger charge is -2.20. The first-order valence-electron chi connectivity index (χ1n) is 23.1. The van der Waals surface area contributed by atoms with E-state index in [9.17, 15) is 14.4 Å². The second-order valence-corrected chi connectivity index (χ2v) is 16.1. The number of carbonyl (C=O) groups excluding carboxylic acids is 3. The zero-order valence-corrected chi connectivity index (χ0v) is 36.0. The fourth-order valence-electron chi connectivity index (χ4n) is 7.20. The molecule has 0 saturated heterocycles. The summed E-state index contributed by atoms with van der Waals surface area (Å²) in [5, 5.41) is 0. The third-order valence-electron chi connectivity index (χ3n) is 11.0. The predicted octanol–water partition coefficient (Wildman–Crippen LogP) is 14.4. The molecule has 0 saturated carbocycles. The van der Waals surface area contributed by atoms with Crippen molar-refractivity contribution in [1.29, 1.82) is 0 Å². The number of ether oxygens (including phenoxy) is 3. The molecule has 2 aromatic carbocycles. The highest BCUT2D eigenvalue weighted by molar-refractivity contribution is 5.78. The molecular formula is C50H80O6. The first-order chi connectivity index (χ1) is 27.4. The normalized spacial score (nSPS) is 11.8. The molecule has 0 fully saturated rings. The van der Waals surface area contributed by atoms with Crippen molar-refractivity contribution in [1.82, 2.24) is 0 Å². The van der Waals surface area contributed by atoms with E-state index in [0.29, 0.717) is 12.8 Å². The molecule has 0 spiro atoms. The number of unbranched alkanes of at least 4 members (excludes halogenated alkanes) is 24. The van der Waals surface area contributed by atoms with E-state index < -0.39 is 18.0 Å². The van der Waals surface area contributed by atoms with Crippen LogP contribution in [0.1, 0.15) is 212 Å². The lowest BCUT2D eigenvalue weighted by molar-refractivity contribution is -0.167. The topological polar surface area (TPSA) is 78.9 Å². The molecule has 1 atom stereocenters. The van der Waals surface area contributed by atoms with Gasteiger partial charge in [-0.3, -0.25) is 14.4 Å². The second-order valence-electron chi connectivity index (χ2n) is 16.1. The minimum absolute atomic E-state index is 0.130. The summed E-state index contributed by atoms with van der Waals surface area (Å²) in [6.07, 6.45) is 32.1. The number of esters is 3. The number of hydrogen-bond donors (Lipinski definition) is 0. The summed E-state index contributed by atoms with van der Waals surface area (Å²) in [5.74, 6) is -1.60. The molecule has 0 amide bonds. The first kappa shape index (κ1) is 49.0. The van der Waals surface area contributed by atoms with Gasteiger partial charge in [0.05, 0.1) is 5.92 Å². The Labute approximate surface area is 342 Å². The average Bonchev–Trinajstić information content (AvgIpc) is 3.22. The van der Waals surface area contributed by atoms with E-state index >= 15 is 0 Å². The number of carbonyl (C=O) groups is 3. The van der Waals surface area contributed by atoms with Crippen LogP contribution in [-0.4, -0.2) is 37.2 Å². The van der Waals surface area contributed by atoms with Crippen LogP contribution in [0.15, 0.2) is 54.6 Å². The van der Waals surface area contributed by atoms with E-state index in [-0.39, 0.29) is 25.2 Å². The van der Waals surface area contributed by atoms with E-state index in [4.69, 9.17) is 14.2 Å². The van der Waals surface area contributed by atoms with Crippen LogP contribution in [0.3, 0.4) is 0 Å². The van der Waals surface area contributed by atoms with Crippen LogP contribution < -0.4 is 0 Å². The minimum atomic E-state index is -0.861. The molecule has 0 N–H and O–H groups in total. The standard InChI is InChI=1S/C50H80O6/c1-4-6-8-10-12-14-16-18-20-22-24-26-31-35-48(51)54-41-47(42-55-49(52)36-32-27-25-23-21-19-17-15-13-11-9-7-5-2)56-50(53)43(3)44-37-39-46(40-38-44)45-33-29-28-30-34-45/h28-30,33-34,37-40,43,47H,4-27,31-32,35-36,41-42H2,1-3H3/t43-/m0/s1. The molecule has 0 bridgehead atoms. The molecule has 6 nitrogen and oxygen atoms in total. The summed E-state index contributed by atoms with van der Waals surface area (Å²) in [4.78, 5) is 38.6. The van der Waals surface area contributed by atoms with Crippen molar-refractivity contribution in [2.24, 2.45) is 0 Å². The summed E-state index contributed by atoms with van der Waals surface area (Å²) >= 11 is 0. The molecule has 2 aromatic rings. The third-order valence-corrected chi connectivity index (χ3v) is 11.0. The molecule has 0 aromatic heterocycles. The quantitative estimate of drug-likeness (QED) is 0.0389. The van der Waals surface area contributed by atoms with Gasteiger partial charge in [-0.15, -0.1) is 0 Å². The SMILES string of the molecule is CCCCCCCCCCCCCCCC(=O)OCC(COC(=O)CCCCCCCCCCCCCCC)OC(=O)[C@@H](C)c1ccc(-c2ccccc2)cc1. The molecule has 0 heterocycles. The van der Waals surface area contributed by atoms with Crippen molar-refractivity contribution in [3.8, 4) is 11.1 Å². The van der Waals surface area contributed by atoms with Crippen molar-refractivity contribution < 1.29 is 28.6 Å². The van der Waals surface area contributed by atoms with Crippen LogP contribution >= 0.6 is 0 Å². The molecule has 316 valence electrons. The summed E-state index contributed by atoms with van der Waals surface area (Å²) in [6, 6.07) is 18.0. The van der Waals surface area contributed by atoms with Gasteiger partial charge in [0.15, 0.2) is 6.10 Å². The van der Waals surface area contributed by atoms with Crippen LogP contribution in [0.5, 0.6) is 0 Å². The Morgan fingerprint density at radius 1 is 0.446 bits per heavy atom. The second kappa shape index (κ2) is 33.9. The van der Waals surface area contributed by atoms with E-state index in [0.717, 1.165) is 55.2 Å². The zero-order chi connectivity index (χ0) is 40.3. The fraction of sp³-hybridized carbons (Fsp3) is 0.700. The van der Waals surface area contributed by atoms with Gasteiger partial charge in [0.2, 0.25) is 0 Å². The molecule has 2 rings (SSSR count). The van der Waals surface area contributed by atoms with Crippen molar-refractivity contribution >= 4 is 17.9 Å². The minimum Gasteiger partial charge on any atom is -0.462 e. The molecule has 0 radical (unpaired) electrons. The average molecular weight is 777 g/mol. The van der Waals surface area contributed by atoms with Gasteiger partial charge in [0.1, 0.15) is 13.2 Å². The summed E-state index contributed by atoms with van der Waals surface area (Å²) in [7, 11) is 0. The highest BCUT2D eigenvalue weighted by Gasteiger charge is 2.24. The van der Waals surface area contributed by atoms with E-state index in [2.05, 4.69) is 26.0 Å². The Morgan fingerprint density at radius 2 is 0.786 bits per heavy atom. The molecule has 0 aliphatic heterocycles. The zero-order valence-electron chi connectivity index (χ0n) is 36.0. The highest BCUT2D eigenvalue weighted by Crippen LogP contribution is 2.24. The predicted molar refractivity (Wildman–Crippen MR) is 233 cm³/mol. The van der Waals surface area contributed by atoms with Crippen molar-refractivity contribution in [2.45, 2.75) is 213 Å². The summed E-state index contributed by atoms with van der Waals surface area (Å²) in [6.45, 7) is 6.06. The number of hydrogen-bond acceptors (Lipinski definition) is 6. The lowest BCUT2D eigenvalue weighted by atomic mass is 9.97.